The molecule has 5 nitrogen and oxygen atoms in total. The molecule has 1 amide bonds. The summed E-state index contributed by atoms with van der Waals surface area (Å²) in [4.78, 5) is 19.9. The maximum absolute atomic E-state index is 12.7. The van der Waals surface area contributed by atoms with E-state index in [1.807, 2.05) is 36.1 Å². The van der Waals surface area contributed by atoms with Gasteiger partial charge in [0, 0.05) is 37.8 Å². The Morgan fingerprint density at radius 1 is 1.00 bits per heavy atom. The molecule has 26 heavy (non-hydrogen) atoms. The summed E-state index contributed by atoms with van der Waals surface area (Å²) in [6.45, 7) is 12.2. The van der Waals surface area contributed by atoms with Gasteiger partial charge in [-0.05, 0) is 70.1 Å². The Morgan fingerprint density at radius 2 is 1.65 bits per heavy atom. The quantitative estimate of drug-likeness (QED) is 0.782. The number of carbonyl (C=O) groups excluding carboxylic acids is 1. The number of carbonyl (C=O) groups is 1. The number of hydrogen-bond donors (Lipinski definition) is 0. The van der Waals surface area contributed by atoms with Gasteiger partial charge in [-0.3, -0.25) is 9.69 Å². The predicted octanol–water partition coefficient (Wildman–Crippen LogP) is 2.72. The van der Waals surface area contributed by atoms with Gasteiger partial charge in [0.2, 0.25) is 0 Å². The van der Waals surface area contributed by atoms with Crippen LogP contribution in [0, 0.1) is 0 Å². The van der Waals surface area contributed by atoms with E-state index in [-0.39, 0.29) is 5.91 Å². The molecule has 2 aliphatic rings. The molecule has 144 valence electrons. The van der Waals surface area contributed by atoms with Crippen molar-refractivity contribution in [3.63, 3.8) is 0 Å². The van der Waals surface area contributed by atoms with Crippen molar-refractivity contribution in [3.05, 3.63) is 29.8 Å². The fourth-order valence-electron chi connectivity index (χ4n) is 4.16. The number of rotatable bonds is 6. The smallest absolute Gasteiger partial charge is 0.253 e. The number of benzene rings is 1. The zero-order valence-electron chi connectivity index (χ0n) is 16.3. The first-order chi connectivity index (χ1) is 12.7. The first-order valence-electron chi connectivity index (χ1n) is 10.2. The Balaban J connectivity index is 1.46. The van der Waals surface area contributed by atoms with Gasteiger partial charge in [-0.25, -0.2) is 0 Å². The van der Waals surface area contributed by atoms with Crippen molar-refractivity contribution in [3.8, 4) is 5.75 Å². The normalized spacial score (nSPS) is 20.3. The van der Waals surface area contributed by atoms with E-state index >= 15 is 0 Å². The second kappa shape index (κ2) is 9.38. The molecule has 2 fully saturated rings. The molecule has 0 aliphatic carbocycles. The van der Waals surface area contributed by atoms with Crippen LogP contribution in [0.1, 0.15) is 43.5 Å². The standard InChI is InChI=1S/C21H33N3O2/c1-3-11-22-12-9-19(10-13-22)23-14-16-24(17-15-23)21(25)18-5-7-20(8-6-18)26-4-2/h5-8,19H,3-4,9-17H2,1-2H3. The fourth-order valence-corrected chi connectivity index (χ4v) is 4.16. The van der Waals surface area contributed by atoms with Crippen molar-refractivity contribution in [2.24, 2.45) is 0 Å². The molecule has 0 bridgehead atoms. The van der Waals surface area contributed by atoms with E-state index in [1.165, 1.54) is 38.9 Å². The van der Waals surface area contributed by atoms with E-state index in [1.54, 1.807) is 0 Å². The first-order valence-corrected chi connectivity index (χ1v) is 10.2. The molecular weight excluding hydrogens is 326 g/mol. The summed E-state index contributed by atoms with van der Waals surface area (Å²) in [5.41, 5.74) is 0.759. The molecule has 2 heterocycles. The first kappa shape index (κ1) is 19.2. The summed E-state index contributed by atoms with van der Waals surface area (Å²) < 4.78 is 5.46. The second-order valence-electron chi connectivity index (χ2n) is 7.36. The van der Waals surface area contributed by atoms with Gasteiger partial charge in [0.15, 0.2) is 0 Å². The van der Waals surface area contributed by atoms with Gasteiger partial charge < -0.3 is 14.5 Å². The monoisotopic (exact) mass is 359 g/mol. The number of piperidine rings is 1. The van der Waals surface area contributed by atoms with E-state index in [0.29, 0.717) is 12.6 Å². The second-order valence-corrected chi connectivity index (χ2v) is 7.36. The van der Waals surface area contributed by atoms with Gasteiger partial charge in [0.05, 0.1) is 6.61 Å². The van der Waals surface area contributed by atoms with Gasteiger partial charge in [0.1, 0.15) is 5.75 Å². The van der Waals surface area contributed by atoms with Crippen LogP contribution in [0.3, 0.4) is 0 Å². The lowest BCUT2D eigenvalue weighted by molar-refractivity contribution is 0.0453. The highest BCUT2D eigenvalue weighted by atomic mass is 16.5. The molecular formula is C21H33N3O2. The van der Waals surface area contributed by atoms with Gasteiger partial charge in [-0.1, -0.05) is 6.92 Å². The topological polar surface area (TPSA) is 36.0 Å². The van der Waals surface area contributed by atoms with Crippen molar-refractivity contribution in [1.29, 1.82) is 0 Å². The number of amides is 1. The Bertz CT molecular complexity index is 559. The molecule has 0 radical (unpaired) electrons. The number of ether oxygens (including phenoxy) is 1. The van der Waals surface area contributed by atoms with Crippen LogP contribution in [-0.4, -0.2) is 79.1 Å². The van der Waals surface area contributed by atoms with E-state index in [4.69, 9.17) is 4.74 Å². The molecule has 2 aliphatic heterocycles. The highest BCUT2D eigenvalue weighted by molar-refractivity contribution is 5.94. The molecule has 0 N–H and O–H groups in total. The van der Waals surface area contributed by atoms with Crippen LogP contribution >= 0.6 is 0 Å². The summed E-state index contributed by atoms with van der Waals surface area (Å²) in [6.07, 6.45) is 3.79. The van der Waals surface area contributed by atoms with E-state index in [0.717, 1.165) is 37.5 Å². The number of nitrogens with zero attached hydrogens (tertiary/aromatic N) is 3. The molecule has 3 rings (SSSR count). The van der Waals surface area contributed by atoms with Crippen LogP contribution in [0.2, 0.25) is 0 Å². The lowest BCUT2D eigenvalue weighted by Crippen LogP contribution is -2.54. The molecule has 0 aromatic heterocycles. The van der Waals surface area contributed by atoms with Crippen molar-refractivity contribution in [1.82, 2.24) is 14.7 Å². The minimum absolute atomic E-state index is 0.144. The largest absolute Gasteiger partial charge is 0.494 e. The van der Waals surface area contributed by atoms with Crippen molar-refractivity contribution in [2.75, 3.05) is 52.4 Å². The Morgan fingerprint density at radius 3 is 2.23 bits per heavy atom. The average Bonchev–Trinajstić information content (AvgIpc) is 2.69. The average molecular weight is 360 g/mol. The maximum atomic E-state index is 12.7. The van der Waals surface area contributed by atoms with Gasteiger partial charge >= 0.3 is 0 Å². The molecule has 0 atom stereocenters. The minimum Gasteiger partial charge on any atom is -0.494 e. The summed E-state index contributed by atoms with van der Waals surface area (Å²) in [5.74, 6) is 0.966. The van der Waals surface area contributed by atoms with Crippen LogP contribution in [0.15, 0.2) is 24.3 Å². The third kappa shape index (κ3) is 4.77. The van der Waals surface area contributed by atoms with Crippen LogP contribution in [-0.2, 0) is 0 Å². The van der Waals surface area contributed by atoms with Gasteiger partial charge in [-0.2, -0.15) is 0 Å². The van der Waals surface area contributed by atoms with E-state index < -0.39 is 0 Å². The SMILES string of the molecule is CCCN1CCC(N2CCN(C(=O)c3ccc(OCC)cc3)CC2)CC1. The van der Waals surface area contributed by atoms with Gasteiger partial charge in [-0.15, -0.1) is 0 Å². The molecule has 0 saturated carbocycles. The third-order valence-corrected chi connectivity index (χ3v) is 5.63. The molecule has 2 saturated heterocycles. The van der Waals surface area contributed by atoms with Crippen molar-refractivity contribution >= 4 is 5.91 Å². The van der Waals surface area contributed by atoms with Crippen LogP contribution in [0.5, 0.6) is 5.75 Å². The van der Waals surface area contributed by atoms with Gasteiger partial charge in [0.25, 0.3) is 5.91 Å². The molecule has 0 unspecified atom stereocenters. The fraction of sp³-hybridized carbons (Fsp3) is 0.667. The number of likely N-dealkylation sites (tertiary alicyclic amines) is 1. The minimum atomic E-state index is 0.144. The third-order valence-electron chi connectivity index (χ3n) is 5.63. The van der Waals surface area contributed by atoms with Crippen molar-refractivity contribution < 1.29 is 9.53 Å². The molecule has 0 spiro atoms. The molecule has 1 aromatic rings. The molecule has 5 heteroatoms. The lowest BCUT2D eigenvalue weighted by Gasteiger charge is -2.42. The van der Waals surface area contributed by atoms with Crippen molar-refractivity contribution in [2.45, 2.75) is 39.2 Å². The summed E-state index contributed by atoms with van der Waals surface area (Å²) in [5, 5.41) is 0. The zero-order chi connectivity index (χ0) is 18.4. The zero-order valence-corrected chi connectivity index (χ0v) is 16.3. The van der Waals surface area contributed by atoms with Crippen LogP contribution in [0.4, 0.5) is 0 Å². The lowest BCUT2D eigenvalue weighted by atomic mass is 10.0. The summed E-state index contributed by atoms with van der Waals surface area (Å²) >= 11 is 0. The Labute approximate surface area is 157 Å². The summed E-state index contributed by atoms with van der Waals surface area (Å²) in [6, 6.07) is 8.23. The predicted molar refractivity (Wildman–Crippen MR) is 105 cm³/mol. The number of piperazine rings is 1. The molecule has 1 aromatic carbocycles. The maximum Gasteiger partial charge on any atom is 0.253 e. The van der Waals surface area contributed by atoms with Crippen LogP contribution in [0.25, 0.3) is 0 Å². The summed E-state index contributed by atoms with van der Waals surface area (Å²) in [7, 11) is 0. The Hall–Kier alpha value is -1.59. The Kier molecular flexibility index (Phi) is 6.92. The number of hydrogen-bond acceptors (Lipinski definition) is 4. The highest BCUT2D eigenvalue weighted by Gasteiger charge is 2.28. The van der Waals surface area contributed by atoms with E-state index in [9.17, 15) is 4.79 Å². The van der Waals surface area contributed by atoms with E-state index in [2.05, 4.69) is 16.7 Å². The van der Waals surface area contributed by atoms with Crippen LogP contribution < -0.4 is 4.74 Å². The highest BCUT2D eigenvalue weighted by Crippen LogP contribution is 2.20.